The van der Waals surface area contributed by atoms with Gasteiger partial charge in [0.15, 0.2) is 5.78 Å². The van der Waals surface area contributed by atoms with E-state index in [0.29, 0.717) is 6.42 Å². The number of nitrogens with zero attached hydrogens (tertiary/aromatic N) is 1. The molecule has 0 atom stereocenters. The molecule has 0 N–H and O–H groups in total. The molecule has 0 unspecified atom stereocenters. The Morgan fingerprint density at radius 3 is 2.94 bits per heavy atom. The Hall–Kier alpha value is -2.16. The number of carbonyl (C=O) groups excluding carboxylic acids is 1. The van der Waals surface area contributed by atoms with Crippen molar-refractivity contribution in [1.82, 2.24) is 4.98 Å². The molecule has 0 amide bonds. The summed E-state index contributed by atoms with van der Waals surface area (Å²) in [5, 5.41) is 1.05. The molecule has 0 saturated carbocycles. The summed E-state index contributed by atoms with van der Waals surface area (Å²) in [4.78, 5) is 16.7. The molecule has 3 aliphatic rings. The van der Waals surface area contributed by atoms with Crippen molar-refractivity contribution >= 4 is 16.7 Å². The average Bonchev–Trinajstić information content (AvgIpc) is 2.77. The number of para-hydroxylation sites is 1. The molecular formula is C15H11NO2. The molecule has 2 heterocycles. The van der Waals surface area contributed by atoms with Crippen molar-refractivity contribution in [3.63, 3.8) is 0 Å². The first-order chi connectivity index (χ1) is 8.84. The summed E-state index contributed by atoms with van der Waals surface area (Å²) in [5.74, 6) is 1.00. The van der Waals surface area contributed by atoms with E-state index in [4.69, 9.17) is 4.42 Å². The van der Waals surface area contributed by atoms with Gasteiger partial charge in [-0.05, 0) is 12.5 Å². The summed E-state index contributed by atoms with van der Waals surface area (Å²) in [5.41, 5.74) is 3.43. The van der Waals surface area contributed by atoms with Gasteiger partial charge in [0.05, 0.1) is 11.1 Å². The van der Waals surface area contributed by atoms with Crippen molar-refractivity contribution in [1.29, 1.82) is 0 Å². The van der Waals surface area contributed by atoms with E-state index < -0.39 is 0 Å². The Bertz CT molecular complexity index is 742. The highest BCUT2D eigenvalue weighted by molar-refractivity contribution is 6.11. The van der Waals surface area contributed by atoms with Gasteiger partial charge in [0.25, 0.3) is 0 Å². The van der Waals surface area contributed by atoms with Crippen LogP contribution in [0.15, 0.2) is 34.9 Å². The summed E-state index contributed by atoms with van der Waals surface area (Å²) in [6.07, 6.45) is 4.01. The fourth-order valence-electron chi connectivity index (χ4n) is 2.79. The molecule has 0 spiro atoms. The molecule has 1 aromatic carbocycles. The number of carbonyl (C=O) groups is 1. The second kappa shape index (κ2) is 3.42. The minimum absolute atomic E-state index is 0.184. The number of aromatic nitrogens is 1. The van der Waals surface area contributed by atoms with Crippen LogP contribution in [0.2, 0.25) is 0 Å². The Balaban J connectivity index is 2.19. The zero-order chi connectivity index (χ0) is 12.1. The Morgan fingerprint density at radius 1 is 1.11 bits per heavy atom. The largest absolute Gasteiger partial charge is 0.466 e. The van der Waals surface area contributed by atoms with Crippen molar-refractivity contribution in [3.8, 4) is 11.3 Å². The molecule has 3 heteroatoms. The van der Waals surface area contributed by atoms with Crippen molar-refractivity contribution in [2.45, 2.75) is 19.3 Å². The fourth-order valence-corrected chi connectivity index (χ4v) is 2.79. The molecule has 88 valence electrons. The molecular weight excluding hydrogens is 226 g/mol. The van der Waals surface area contributed by atoms with Crippen LogP contribution < -0.4 is 0 Å². The van der Waals surface area contributed by atoms with Crippen LogP contribution in [-0.4, -0.2) is 10.8 Å². The van der Waals surface area contributed by atoms with Gasteiger partial charge in [-0.25, -0.2) is 4.98 Å². The summed E-state index contributed by atoms with van der Waals surface area (Å²) in [7, 11) is 0. The predicted molar refractivity (Wildman–Crippen MR) is 67.9 cm³/mol. The minimum atomic E-state index is 0.184. The van der Waals surface area contributed by atoms with Gasteiger partial charge in [-0.3, -0.25) is 4.79 Å². The fraction of sp³-hybridized carbons (Fsp3) is 0.200. The number of fused-ring (bicyclic) bond motifs is 5. The van der Waals surface area contributed by atoms with E-state index in [0.717, 1.165) is 46.3 Å². The maximum absolute atomic E-state index is 12.2. The highest BCUT2D eigenvalue weighted by atomic mass is 16.3. The molecule has 0 saturated heterocycles. The molecule has 1 aliphatic carbocycles. The molecule has 0 bridgehead atoms. The third-order valence-corrected chi connectivity index (χ3v) is 3.60. The molecule has 18 heavy (non-hydrogen) atoms. The van der Waals surface area contributed by atoms with Crippen LogP contribution in [0.1, 0.15) is 29.0 Å². The number of hydrogen-bond acceptors (Lipinski definition) is 3. The van der Waals surface area contributed by atoms with Gasteiger partial charge < -0.3 is 4.42 Å². The molecule has 2 aliphatic heterocycles. The maximum atomic E-state index is 12.2. The van der Waals surface area contributed by atoms with Gasteiger partial charge in [-0.2, -0.15) is 0 Å². The monoisotopic (exact) mass is 237 g/mol. The first-order valence-electron chi connectivity index (χ1n) is 6.16. The van der Waals surface area contributed by atoms with E-state index in [2.05, 4.69) is 4.98 Å². The highest BCUT2D eigenvalue weighted by Gasteiger charge is 2.27. The quantitative estimate of drug-likeness (QED) is 0.601. The summed E-state index contributed by atoms with van der Waals surface area (Å²) >= 11 is 0. The zero-order valence-corrected chi connectivity index (χ0v) is 9.77. The normalized spacial score (nSPS) is 15.2. The number of aryl methyl sites for hydroxylation is 1. The van der Waals surface area contributed by atoms with Crippen LogP contribution in [0.4, 0.5) is 0 Å². The third-order valence-electron chi connectivity index (χ3n) is 3.60. The van der Waals surface area contributed by atoms with Crippen molar-refractivity contribution < 1.29 is 9.21 Å². The molecule has 1 aromatic rings. The standard InChI is InChI=1S/C15H11NO2/c17-12-6-3-7-13-15(12)14-9-4-1-2-5-10(9)16-11(14)8-18-13/h1-2,4-5,8H,3,6-7H2. The zero-order valence-electron chi connectivity index (χ0n) is 9.77. The van der Waals surface area contributed by atoms with Gasteiger partial charge in [0.2, 0.25) is 0 Å². The van der Waals surface area contributed by atoms with Crippen LogP contribution in [0, 0.1) is 0 Å². The number of hydrogen-bond donors (Lipinski definition) is 0. The summed E-state index contributed by atoms with van der Waals surface area (Å²) in [6, 6.07) is 7.93. The lowest BCUT2D eigenvalue weighted by molar-refractivity contribution is 0.0967. The topological polar surface area (TPSA) is 43.1 Å². The van der Waals surface area contributed by atoms with E-state index in [1.54, 1.807) is 6.26 Å². The number of rotatable bonds is 0. The Kier molecular flexibility index (Phi) is 1.87. The summed E-state index contributed by atoms with van der Waals surface area (Å²) < 4.78 is 5.58. The van der Waals surface area contributed by atoms with Gasteiger partial charge in [-0.15, -0.1) is 0 Å². The van der Waals surface area contributed by atoms with Crippen LogP contribution in [0.3, 0.4) is 0 Å². The van der Waals surface area contributed by atoms with Crippen LogP contribution in [0.25, 0.3) is 22.2 Å². The first kappa shape index (κ1) is 9.83. The summed E-state index contributed by atoms with van der Waals surface area (Å²) in [6.45, 7) is 0. The lowest BCUT2D eigenvalue weighted by Crippen LogP contribution is -2.12. The Morgan fingerprint density at radius 2 is 2.00 bits per heavy atom. The minimum Gasteiger partial charge on any atom is -0.466 e. The van der Waals surface area contributed by atoms with Crippen LogP contribution in [0.5, 0.6) is 0 Å². The second-order valence-electron chi connectivity index (χ2n) is 4.70. The number of Topliss-reactive ketones (excluding diaryl/α,β-unsaturated/α-hetero) is 1. The van der Waals surface area contributed by atoms with E-state index in [9.17, 15) is 4.79 Å². The SMILES string of the molecule is O=C1CCCc2occ3nc4ccccc4c-3c21. The van der Waals surface area contributed by atoms with Crippen LogP contribution in [-0.2, 0) is 6.42 Å². The van der Waals surface area contributed by atoms with Crippen molar-refractivity contribution in [3.05, 3.63) is 41.9 Å². The van der Waals surface area contributed by atoms with E-state index in [1.807, 2.05) is 24.3 Å². The molecule has 0 radical (unpaired) electrons. The third kappa shape index (κ3) is 1.19. The van der Waals surface area contributed by atoms with Crippen LogP contribution >= 0.6 is 0 Å². The lowest BCUT2D eigenvalue weighted by Gasteiger charge is -2.16. The van der Waals surface area contributed by atoms with Gasteiger partial charge in [-0.1, -0.05) is 18.2 Å². The number of benzene rings is 1. The average molecular weight is 237 g/mol. The van der Waals surface area contributed by atoms with Gasteiger partial charge in [0, 0.05) is 23.8 Å². The molecule has 4 rings (SSSR count). The smallest absolute Gasteiger partial charge is 0.166 e. The molecule has 3 nitrogen and oxygen atoms in total. The van der Waals surface area contributed by atoms with E-state index >= 15 is 0 Å². The Labute approximate surface area is 104 Å². The van der Waals surface area contributed by atoms with Gasteiger partial charge in [0.1, 0.15) is 17.7 Å². The highest BCUT2D eigenvalue weighted by Crippen LogP contribution is 2.38. The second-order valence-corrected chi connectivity index (χ2v) is 4.70. The first-order valence-corrected chi connectivity index (χ1v) is 6.16. The number of ketones is 1. The maximum Gasteiger partial charge on any atom is 0.166 e. The van der Waals surface area contributed by atoms with Crippen molar-refractivity contribution in [2.75, 3.05) is 0 Å². The van der Waals surface area contributed by atoms with E-state index in [1.165, 1.54) is 0 Å². The lowest BCUT2D eigenvalue weighted by atomic mass is 9.90. The van der Waals surface area contributed by atoms with Crippen molar-refractivity contribution in [2.24, 2.45) is 0 Å². The van der Waals surface area contributed by atoms with Gasteiger partial charge >= 0.3 is 0 Å². The predicted octanol–water partition coefficient (Wildman–Crippen LogP) is 3.45. The molecule has 0 aromatic heterocycles. The van der Waals surface area contributed by atoms with E-state index in [-0.39, 0.29) is 5.78 Å². The molecule has 0 fully saturated rings.